The number of nitrogens with one attached hydrogen (secondary N) is 1. The quantitative estimate of drug-likeness (QED) is 0.859. The van der Waals surface area contributed by atoms with Crippen LogP contribution in [0.25, 0.3) is 10.1 Å². The van der Waals surface area contributed by atoms with E-state index in [1.807, 2.05) is 0 Å². The Kier molecular flexibility index (Phi) is 3.86. The Labute approximate surface area is 149 Å². The highest BCUT2D eigenvalue weighted by molar-refractivity contribution is 7.21. The molecule has 0 spiro atoms. The molecule has 2 bridgehead atoms. The molecule has 6 heteroatoms. The van der Waals surface area contributed by atoms with Crippen LogP contribution in [0.3, 0.4) is 0 Å². The maximum absolute atomic E-state index is 13.6. The van der Waals surface area contributed by atoms with Gasteiger partial charge >= 0.3 is 0 Å². The number of piperidine rings is 3. The zero-order chi connectivity index (χ0) is 17.1. The topological polar surface area (TPSA) is 32.3 Å². The number of carbonyl (C=O) groups is 1. The van der Waals surface area contributed by atoms with Crippen LogP contribution in [0.15, 0.2) is 18.2 Å². The maximum Gasteiger partial charge on any atom is 0.261 e. The number of benzene rings is 1. The van der Waals surface area contributed by atoms with Crippen LogP contribution in [0.2, 0.25) is 5.02 Å². The van der Waals surface area contributed by atoms with Crippen LogP contribution < -0.4 is 5.32 Å². The van der Waals surface area contributed by atoms with Gasteiger partial charge in [0, 0.05) is 11.6 Å². The second-order valence-electron chi connectivity index (χ2n) is 7.32. The molecule has 2 aromatic rings. The van der Waals surface area contributed by atoms with Crippen molar-refractivity contribution in [2.45, 2.75) is 38.3 Å². The minimum absolute atomic E-state index is 0.0305. The van der Waals surface area contributed by atoms with Crippen LogP contribution in [0.5, 0.6) is 0 Å². The first-order chi connectivity index (χ1) is 11.4. The molecule has 1 N–H and O–H groups in total. The Morgan fingerprint density at radius 2 is 2.08 bits per heavy atom. The van der Waals surface area contributed by atoms with E-state index in [0.29, 0.717) is 15.5 Å². The molecule has 0 radical (unpaired) electrons. The summed E-state index contributed by atoms with van der Waals surface area (Å²) in [5.41, 5.74) is -0.0305. The van der Waals surface area contributed by atoms with Gasteiger partial charge in [0.15, 0.2) is 0 Å². The molecular formula is C18H20ClFN2OS. The van der Waals surface area contributed by atoms with Crippen molar-refractivity contribution in [2.24, 2.45) is 5.92 Å². The number of nitrogens with zero attached hydrogens (tertiary/aromatic N) is 1. The van der Waals surface area contributed by atoms with Crippen molar-refractivity contribution in [3.63, 3.8) is 0 Å². The molecule has 3 fully saturated rings. The zero-order valence-electron chi connectivity index (χ0n) is 13.7. The van der Waals surface area contributed by atoms with E-state index in [1.165, 1.54) is 17.4 Å². The van der Waals surface area contributed by atoms with Gasteiger partial charge in [-0.25, -0.2) is 4.39 Å². The van der Waals surface area contributed by atoms with Gasteiger partial charge in [-0.05, 0) is 63.2 Å². The van der Waals surface area contributed by atoms with Crippen molar-refractivity contribution < 1.29 is 9.18 Å². The summed E-state index contributed by atoms with van der Waals surface area (Å²) in [6.07, 6.45) is 2.27. The van der Waals surface area contributed by atoms with Crippen molar-refractivity contribution >= 4 is 38.9 Å². The molecule has 3 saturated heterocycles. The fourth-order valence-electron chi connectivity index (χ4n) is 4.25. The standard InChI is InChI=1S/C18H20ClFN2OS/c1-18(2)16(10-5-7-22(18)8-6-10)21-17(23)13-9-11-3-4-12(20)14(19)15(11)24-13/h3-4,9-10,16H,5-8H2,1-2H3,(H,21,23)/t16-/m1/s1. The number of hydrogen-bond donors (Lipinski definition) is 1. The fourth-order valence-corrected chi connectivity index (χ4v) is 5.52. The molecule has 4 heterocycles. The summed E-state index contributed by atoms with van der Waals surface area (Å²) in [5, 5.41) is 4.15. The first-order valence-corrected chi connectivity index (χ1v) is 9.51. The third-order valence-corrected chi connectivity index (χ3v) is 7.33. The van der Waals surface area contributed by atoms with Crippen molar-refractivity contribution in [3.8, 4) is 0 Å². The smallest absolute Gasteiger partial charge is 0.261 e. The second-order valence-corrected chi connectivity index (χ2v) is 8.75. The van der Waals surface area contributed by atoms with Crippen molar-refractivity contribution in [2.75, 3.05) is 13.1 Å². The molecule has 5 rings (SSSR count). The van der Waals surface area contributed by atoms with E-state index in [9.17, 15) is 9.18 Å². The average molecular weight is 367 g/mol. The lowest BCUT2D eigenvalue weighted by atomic mass is 9.72. The Morgan fingerprint density at radius 3 is 2.75 bits per heavy atom. The number of rotatable bonds is 2. The maximum atomic E-state index is 13.6. The molecule has 1 atom stereocenters. The third kappa shape index (κ3) is 2.45. The van der Waals surface area contributed by atoms with Crippen LogP contribution in [0, 0.1) is 11.7 Å². The van der Waals surface area contributed by atoms with Gasteiger partial charge < -0.3 is 5.32 Å². The van der Waals surface area contributed by atoms with E-state index in [0.717, 1.165) is 31.3 Å². The largest absolute Gasteiger partial charge is 0.346 e. The summed E-state index contributed by atoms with van der Waals surface area (Å²) in [5.74, 6) is 0.000332. The van der Waals surface area contributed by atoms with E-state index in [2.05, 4.69) is 24.1 Å². The summed E-state index contributed by atoms with van der Waals surface area (Å²) < 4.78 is 14.2. The van der Waals surface area contributed by atoms with Gasteiger partial charge in [-0.15, -0.1) is 11.3 Å². The summed E-state index contributed by atoms with van der Waals surface area (Å²) >= 11 is 7.29. The average Bonchev–Trinajstić information content (AvgIpc) is 3.00. The van der Waals surface area contributed by atoms with Gasteiger partial charge in [-0.2, -0.15) is 0 Å². The molecule has 128 valence electrons. The number of carbonyl (C=O) groups excluding carboxylic acids is 1. The lowest BCUT2D eigenvalue weighted by Crippen LogP contribution is -2.69. The lowest BCUT2D eigenvalue weighted by molar-refractivity contribution is -0.0377. The Hall–Kier alpha value is -1.17. The normalized spacial score (nSPS) is 28.2. The number of halogens is 2. The van der Waals surface area contributed by atoms with E-state index >= 15 is 0 Å². The van der Waals surface area contributed by atoms with E-state index in [1.54, 1.807) is 12.1 Å². The van der Waals surface area contributed by atoms with Crippen LogP contribution in [0.1, 0.15) is 36.4 Å². The van der Waals surface area contributed by atoms with E-state index in [4.69, 9.17) is 11.6 Å². The molecule has 1 amide bonds. The molecule has 3 nitrogen and oxygen atoms in total. The molecule has 0 unspecified atom stereocenters. The Bertz CT molecular complexity index is 811. The van der Waals surface area contributed by atoms with Crippen LogP contribution >= 0.6 is 22.9 Å². The fraction of sp³-hybridized carbons (Fsp3) is 0.500. The highest BCUT2D eigenvalue weighted by Gasteiger charge is 2.48. The SMILES string of the molecule is CC1(C)[C@H](NC(=O)c2cc3ccc(F)c(Cl)c3s2)C2CCN1CC2. The Balaban J connectivity index is 1.61. The number of thiophene rings is 1. The van der Waals surface area contributed by atoms with Crippen LogP contribution in [-0.4, -0.2) is 35.5 Å². The molecule has 24 heavy (non-hydrogen) atoms. The minimum atomic E-state index is -0.448. The summed E-state index contributed by atoms with van der Waals surface area (Å²) in [4.78, 5) is 15.8. The summed E-state index contributed by atoms with van der Waals surface area (Å²) in [6.45, 7) is 6.64. The highest BCUT2D eigenvalue weighted by atomic mass is 35.5. The van der Waals surface area contributed by atoms with Gasteiger partial charge in [0.25, 0.3) is 5.91 Å². The minimum Gasteiger partial charge on any atom is -0.346 e. The molecule has 3 aliphatic rings. The highest BCUT2D eigenvalue weighted by Crippen LogP contribution is 2.39. The first-order valence-electron chi connectivity index (χ1n) is 8.31. The number of amides is 1. The predicted octanol–water partition coefficient (Wildman–Crippen LogP) is 4.30. The first kappa shape index (κ1) is 16.3. The molecule has 3 aliphatic heterocycles. The van der Waals surface area contributed by atoms with E-state index in [-0.39, 0.29) is 22.5 Å². The zero-order valence-corrected chi connectivity index (χ0v) is 15.3. The van der Waals surface area contributed by atoms with Crippen molar-refractivity contribution in [1.82, 2.24) is 10.2 Å². The molecule has 1 aromatic carbocycles. The van der Waals surface area contributed by atoms with Gasteiger partial charge in [-0.1, -0.05) is 17.7 Å². The van der Waals surface area contributed by atoms with Crippen LogP contribution in [-0.2, 0) is 0 Å². The molecular weight excluding hydrogens is 347 g/mol. The van der Waals surface area contributed by atoms with Crippen LogP contribution in [0.4, 0.5) is 4.39 Å². The lowest BCUT2D eigenvalue weighted by Gasteiger charge is -2.56. The number of hydrogen-bond acceptors (Lipinski definition) is 3. The van der Waals surface area contributed by atoms with Gasteiger partial charge in [0.1, 0.15) is 5.82 Å². The van der Waals surface area contributed by atoms with E-state index < -0.39 is 5.82 Å². The third-order valence-electron chi connectivity index (χ3n) is 5.68. The Morgan fingerprint density at radius 1 is 1.38 bits per heavy atom. The van der Waals surface area contributed by atoms with Crippen molar-refractivity contribution in [1.29, 1.82) is 0 Å². The molecule has 0 saturated carbocycles. The molecule has 1 aromatic heterocycles. The van der Waals surface area contributed by atoms with Gasteiger partial charge in [-0.3, -0.25) is 9.69 Å². The van der Waals surface area contributed by atoms with Gasteiger partial charge in [0.2, 0.25) is 0 Å². The monoisotopic (exact) mass is 366 g/mol. The van der Waals surface area contributed by atoms with Gasteiger partial charge in [0.05, 0.1) is 14.6 Å². The predicted molar refractivity (Wildman–Crippen MR) is 96.4 cm³/mol. The van der Waals surface area contributed by atoms with Crippen molar-refractivity contribution in [3.05, 3.63) is 33.9 Å². The number of fused-ring (bicyclic) bond motifs is 4. The summed E-state index contributed by atoms with van der Waals surface area (Å²) in [7, 11) is 0. The summed E-state index contributed by atoms with van der Waals surface area (Å²) in [6, 6.07) is 4.96. The second kappa shape index (κ2) is 5.68. The molecule has 0 aliphatic carbocycles.